The van der Waals surface area contributed by atoms with E-state index in [2.05, 4.69) is 15.6 Å². The van der Waals surface area contributed by atoms with Crippen molar-refractivity contribution in [3.05, 3.63) is 46.5 Å². The lowest BCUT2D eigenvalue weighted by Gasteiger charge is -2.04. The van der Waals surface area contributed by atoms with E-state index < -0.39 is 0 Å². The van der Waals surface area contributed by atoms with Crippen LogP contribution in [0.15, 0.2) is 30.5 Å². The van der Waals surface area contributed by atoms with E-state index in [-0.39, 0.29) is 12.5 Å². The van der Waals surface area contributed by atoms with Gasteiger partial charge in [-0.3, -0.25) is 4.79 Å². The maximum absolute atomic E-state index is 12.0. The Morgan fingerprint density at radius 2 is 2.00 bits per heavy atom. The minimum Gasteiger partial charge on any atom is -0.392 e. The minimum atomic E-state index is -0.0939. The smallest absolute Gasteiger partial charge is 0.263 e. The maximum Gasteiger partial charge on any atom is 0.263 e. The number of hydrogen-bond donors (Lipinski definition) is 3. The largest absolute Gasteiger partial charge is 0.392 e. The Bertz CT molecular complexity index is 581. The second-order valence-electron chi connectivity index (χ2n) is 4.54. The molecule has 1 heterocycles. The summed E-state index contributed by atoms with van der Waals surface area (Å²) in [6.45, 7) is 3.41. The lowest BCUT2D eigenvalue weighted by atomic mass is 10.1. The standard InChI is InChI=1S/C15H19N3O2S/c1-2-16-15-18-9-13(21-15)14(20)17-8-7-11-3-5-12(10-19)6-4-11/h3-6,9,19H,2,7-8,10H2,1H3,(H,16,18)(H,17,20). The fourth-order valence-electron chi connectivity index (χ4n) is 1.83. The molecular formula is C15H19N3O2S. The first-order valence-corrected chi connectivity index (χ1v) is 7.71. The number of anilines is 1. The number of nitrogens with one attached hydrogen (secondary N) is 2. The molecule has 3 N–H and O–H groups in total. The third-order valence-corrected chi connectivity index (χ3v) is 3.92. The summed E-state index contributed by atoms with van der Waals surface area (Å²) in [6.07, 6.45) is 2.35. The number of aliphatic hydroxyl groups excluding tert-OH is 1. The predicted molar refractivity (Wildman–Crippen MR) is 84.7 cm³/mol. The molecule has 21 heavy (non-hydrogen) atoms. The summed E-state index contributed by atoms with van der Waals surface area (Å²) in [4.78, 5) is 16.7. The molecule has 2 aromatic rings. The molecule has 0 saturated heterocycles. The van der Waals surface area contributed by atoms with Gasteiger partial charge in [-0.25, -0.2) is 4.98 Å². The van der Waals surface area contributed by atoms with Gasteiger partial charge in [0, 0.05) is 13.1 Å². The number of rotatable bonds is 7. The van der Waals surface area contributed by atoms with E-state index in [0.717, 1.165) is 29.2 Å². The molecule has 0 unspecified atom stereocenters. The highest BCUT2D eigenvalue weighted by Crippen LogP contribution is 2.17. The molecule has 0 atom stereocenters. The van der Waals surface area contributed by atoms with Gasteiger partial charge in [0.25, 0.3) is 5.91 Å². The molecule has 0 spiro atoms. The van der Waals surface area contributed by atoms with Gasteiger partial charge in [0.1, 0.15) is 4.88 Å². The lowest BCUT2D eigenvalue weighted by Crippen LogP contribution is -2.24. The molecule has 1 amide bonds. The maximum atomic E-state index is 12.0. The Hall–Kier alpha value is -1.92. The number of carbonyl (C=O) groups is 1. The van der Waals surface area contributed by atoms with Crippen molar-refractivity contribution in [1.29, 1.82) is 0 Å². The van der Waals surface area contributed by atoms with Gasteiger partial charge < -0.3 is 15.7 Å². The first kappa shape index (κ1) is 15.5. The van der Waals surface area contributed by atoms with Crippen LogP contribution >= 0.6 is 11.3 Å². The van der Waals surface area contributed by atoms with Crippen molar-refractivity contribution >= 4 is 22.4 Å². The van der Waals surface area contributed by atoms with Crippen LogP contribution in [0.4, 0.5) is 5.13 Å². The first-order chi connectivity index (χ1) is 10.2. The van der Waals surface area contributed by atoms with Gasteiger partial charge in [-0.1, -0.05) is 35.6 Å². The van der Waals surface area contributed by atoms with Crippen molar-refractivity contribution in [2.45, 2.75) is 20.0 Å². The molecule has 1 aromatic heterocycles. The molecule has 1 aromatic carbocycles. The van der Waals surface area contributed by atoms with E-state index in [1.807, 2.05) is 31.2 Å². The van der Waals surface area contributed by atoms with Gasteiger partial charge in [0.2, 0.25) is 0 Å². The van der Waals surface area contributed by atoms with Gasteiger partial charge in [-0.05, 0) is 24.5 Å². The number of aromatic nitrogens is 1. The van der Waals surface area contributed by atoms with Crippen LogP contribution in [0.3, 0.4) is 0 Å². The molecule has 0 aliphatic carbocycles. The number of nitrogens with zero attached hydrogens (tertiary/aromatic N) is 1. The molecule has 5 nitrogen and oxygen atoms in total. The molecule has 0 saturated carbocycles. The summed E-state index contributed by atoms with van der Waals surface area (Å²) in [6, 6.07) is 7.72. The van der Waals surface area contributed by atoms with Gasteiger partial charge in [0.15, 0.2) is 5.13 Å². The quantitative estimate of drug-likeness (QED) is 0.732. The zero-order valence-electron chi connectivity index (χ0n) is 11.9. The number of hydrogen-bond acceptors (Lipinski definition) is 5. The molecule has 112 valence electrons. The monoisotopic (exact) mass is 305 g/mol. The topological polar surface area (TPSA) is 74.2 Å². The van der Waals surface area contributed by atoms with Gasteiger partial charge in [-0.15, -0.1) is 0 Å². The summed E-state index contributed by atoms with van der Waals surface area (Å²) in [5.74, 6) is -0.0939. The molecule has 0 aliphatic rings. The van der Waals surface area contributed by atoms with E-state index in [1.165, 1.54) is 11.3 Å². The Kier molecular flexibility index (Phi) is 5.71. The minimum absolute atomic E-state index is 0.0521. The average Bonchev–Trinajstić information content (AvgIpc) is 2.97. The number of aliphatic hydroxyl groups is 1. The van der Waals surface area contributed by atoms with Crippen molar-refractivity contribution in [1.82, 2.24) is 10.3 Å². The number of carbonyl (C=O) groups excluding carboxylic acids is 1. The highest BCUT2D eigenvalue weighted by molar-refractivity contribution is 7.17. The Morgan fingerprint density at radius 3 is 2.67 bits per heavy atom. The summed E-state index contributed by atoms with van der Waals surface area (Å²) in [7, 11) is 0. The summed E-state index contributed by atoms with van der Waals surface area (Å²) >= 11 is 1.35. The fraction of sp³-hybridized carbons (Fsp3) is 0.333. The van der Waals surface area contributed by atoms with Crippen molar-refractivity contribution in [2.24, 2.45) is 0 Å². The van der Waals surface area contributed by atoms with E-state index in [1.54, 1.807) is 6.20 Å². The summed E-state index contributed by atoms with van der Waals surface area (Å²) < 4.78 is 0. The average molecular weight is 305 g/mol. The molecule has 0 aliphatic heterocycles. The summed E-state index contributed by atoms with van der Waals surface area (Å²) in [5.41, 5.74) is 2.02. The van der Waals surface area contributed by atoms with E-state index >= 15 is 0 Å². The first-order valence-electron chi connectivity index (χ1n) is 6.89. The molecule has 2 rings (SSSR count). The lowest BCUT2D eigenvalue weighted by molar-refractivity contribution is 0.0958. The van der Waals surface area contributed by atoms with Crippen LogP contribution in [0, 0.1) is 0 Å². The second kappa shape index (κ2) is 7.75. The van der Waals surface area contributed by atoms with E-state index in [9.17, 15) is 4.79 Å². The number of thiazole rings is 1. The van der Waals surface area contributed by atoms with Crippen molar-refractivity contribution in [3.8, 4) is 0 Å². The summed E-state index contributed by atoms with van der Waals surface area (Å²) in [5, 5.41) is 15.7. The zero-order valence-corrected chi connectivity index (χ0v) is 12.7. The predicted octanol–water partition coefficient (Wildman–Crippen LogP) is 2.04. The van der Waals surface area contributed by atoms with Crippen molar-refractivity contribution in [3.63, 3.8) is 0 Å². The van der Waals surface area contributed by atoms with Gasteiger partial charge in [0.05, 0.1) is 12.8 Å². The van der Waals surface area contributed by atoms with Crippen molar-refractivity contribution in [2.75, 3.05) is 18.4 Å². The molecule has 6 heteroatoms. The van der Waals surface area contributed by atoms with Crippen LogP contribution in [-0.4, -0.2) is 29.1 Å². The third kappa shape index (κ3) is 4.54. The number of benzene rings is 1. The van der Waals surface area contributed by atoms with E-state index in [0.29, 0.717) is 11.4 Å². The second-order valence-corrected chi connectivity index (χ2v) is 5.57. The van der Waals surface area contributed by atoms with Crippen molar-refractivity contribution < 1.29 is 9.90 Å². The molecule has 0 bridgehead atoms. The molecule has 0 radical (unpaired) electrons. The Balaban J connectivity index is 1.80. The van der Waals surface area contributed by atoms with Crippen LogP contribution in [0.25, 0.3) is 0 Å². The fourth-order valence-corrected chi connectivity index (χ4v) is 2.63. The Morgan fingerprint density at radius 1 is 1.29 bits per heavy atom. The number of amides is 1. The van der Waals surface area contributed by atoms with Crippen LogP contribution < -0.4 is 10.6 Å². The highest BCUT2D eigenvalue weighted by Gasteiger charge is 2.09. The van der Waals surface area contributed by atoms with Crippen LogP contribution in [0.1, 0.15) is 27.7 Å². The van der Waals surface area contributed by atoms with Crippen LogP contribution in [0.2, 0.25) is 0 Å². The zero-order chi connectivity index (χ0) is 15.1. The highest BCUT2D eigenvalue weighted by atomic mass is 32.1. The van der Waals surface area contributed by atoms with E-state index in [4.69, 9.17) is 5.11 Å². The van der Waals surface area contributed by atoms with Crippen LogP contribution in [0.5, 0.6) is 0 Å². The van der Waals surface area contributed by atoms with Gasteiger partial charge in [-0.2, -0.15) is 0 Å². The third-order valence-electron chi connectivity index (χ3n) is 2.96. The normalized spacial score (nSPS) is 10.4. The van der Waals surface area contributed by atoms with Crippen LogP contribution in [-0.2, 0) is 13.0 Å². The molecular weight excluding hydrogens is 286 g/mol. The SMILES string of the molecule is CCNc1ncc(C(=O)NCCc2ccc(CO)cc2)s1. The Labute approximate surface area is 128 Å². The van der Waals surface area contributed by atoms with Gasteiger partial charge >= 0.3 is 0 Å². The molecule has 0 fully saturated rings.